The summed E-state index contributed by atoms with van der Waals surface area (Å²) in [5, 5.41) is 12.5. The third kappa shape index (κ3) is 2.94. The van der Waals surface area contributed by atoms with Crippen LogP contribution in [0.15, 0.2) is 42.7 Å². The molecule has 2 aromatic heterocycles. The molecule has 5 rings (SSSR count). The van der Waals surface area contributed by atoms with Crippen LogP contribution in [0, 0.1) is 11.8 Å². The Labute approximate surface area is 162 Å². The second kappa shape index (κ2) is 6.78. The first kappa shape index (κ1) is 17.0. The lowest BCUT2D eigenvalue weighted by atomic mass is 10.0. The summed E-state index contributed by atoms with van der Waals surface area (Å²) in [6, 6.07) is 11.4. The third-order valence-corrected chi connectivity index (χ3v) is 5.66. The van der Waals surface area contributed by atoms with Crippen LogP contribution in [0.4, 0.5) is 5.82 Å². The van der Waals surface area contributed by atoms with Crippen molar-refractivity contribution in [3.05, 3.63) is 48.3 Å². The van der Waals surface area contributed by atoms with Gasteiger partial charge in [0.25, 0.3) is 5.91 Å². The Hall–Kier alpha value is -3.16. The van der Waals surface area contributed by atoms with Crippen molar-refractivity contribution < 1.29 is 9.53 Å². The van der Waals surface area contributed by atoms with Gasteiger partial charge >= 0.3 is 0 Å². The number of amides is 1. The summed E-state index contributed by atoms with van der Waals surface area (Å²) >= 11 is 0. The Balaban J connectivity index is 1.24. The number of likely N-dealkylation sites (tertiary alicyclic amines) is 1. The molecule has 0 aliphatic carbocycles. The molecule has 0 radical (unpaired) electrons. The second-order valence-corrected chi connectivity index (χ2v) is 7.42. The van der Waals surface area contributed by atoms with E-state index in [1.807, 2.05) is 48.2 Å². The summed E-state index contributed by atoms with van der Waals surface area (Å²) in [5.41, 5.74) is 1.47. The average molecular weight is 378 g/mol. The van der Waals surface area contributed by atoms with Crippen molar-refractivity contribution in [2.45, 2.75) is 6.92 Å². The normalized spacial score (nSPS) is 21.3. The molecule has 2 unspecified atom stereocenters. The summed E-state index contributed by atoms with van der Waals surface area (Å²) in [7, 11) is 0. The molecule has 1 aromatic carbocycles. The molecule has 0 spiro atoms. The molecule has 8 heteroatoms. The molecule has 2 fully saturated rings. The average Bonchev–Trinajstić information content (AvgIpc) is 3.42. The van der Waals surface area contributed by atoms with Crippen molar-refractivity contribution in [1.29, 1.82) is 0 Å². The van der Waals surface area contributed by atoms with Gasteiger partial charge in [0.05, 0.1) is 6.61 Å². The third-order valence-electron chi connectivity index (χ3n) is 5.66. The highest BCUT2D eigenvalue weighted by atomic mass is 16.5. The van der Waals surface area contributed by atoms with Gasteiger partial charge in [0, 0.05) is 43.6 Å². The number of nitrogens with zero attached hydrogens (tertiary/aromatic N) is 6. The quantitative estimate of drug-likeness (QED) is 0.688. The molecule has 2 aliphatic heterocycles. The van der Waals surface area contributed by atoms with Crippen LogP contribution >= 0.6 is 0 Å². The minimum absolute atomic E-state index is 0.105. The predicted molar refractivity (Wildman–Crippen MR) is 103 cm³/mol. The number of ether oxygens (including phenoxy) is 1. The fraction of sp³-hybridized carbons (Fsp3) is 0.400. The van der Waals surface area contributed by atoms with E-state index in [2.05, 4.69) is 20.2 Å². The van der Waals surface area contributed by atoms with Crippen molar-refractivity contribution >= 4 is 17.4 Å². The fourth-order valence-electron chi connectivity index (χ4n) is 4.28. The van der Waals surface area contributed by atoms with Gasteiger partial charge < -0.3 is 14.5 Å². The van der Waals surface area contributed by atoms with E-state index in [0.717, 1.165) is 49.0 Å². The maximum Gasteiger partial charge on any atom is 0.253 e. The predicted octanol–water partition coefficient (Wildman–Crippen LogP) is 1.73. The monoisotopic (exact) mass is 378 g/mol. The van der Waals surface area contributed by atoms with Crippen molar-refractivity contribution in [2.75, 3.05) is 37.7 Å². The van der Waals surface area contributed by atoms with Gasteiger partial charge in [0.1, 0.15) is 17.9 Å². The summed E-state index contributed by atoms with van der Waals surface area (Å²) in [6.07, 6.45) is 1.62. The smallest absolute Gasteiger partial charge is 0.253 e. The molecule has 3 aromatic rings. The van der Waals surface area contributed by atoms with Crippen molar-refractivity contribution in [2.24, 2.45) is 11.8 Å². The highest BCUT2D eigenvalue weighted by molar-refractivity contribution is 5.94. The van der Waals surface area contributed by atoms with Crippen molar-refractivity contribution in [1.82, 2.24) is 24.7 Å². The van der Waals surface area contributed by atoms with Crippen LogP contribution in [0.25, 0.3) is 5.65 Å². The summed E-state index contributed by atoms with van der Waals surface area (Å²) < 4.78 is 7.16. The Kier molecular flexibility index (Phi) is 4.11. The van der Waals surface area contributed by atoms with E-state index in [-0.39, 0.29) is 5.91 Å². The maximum absolute atomic E-state index is 12.9. The molecule has 144 valence electrons. The Bertz CT molecular complexity index is 987. The van der Waals surface area contributed by atoms with Crippen LogP contribution in [-0.2, 0) is 0 Å². The van der Waals surface area contributed by atoms with E-state index in [1.54, 1.807) is 10.8 Å². The van der Waals surface area contributed by atoms with Crippen LogP contribution in [0.3, 0.4) is 0 Å². The van der Waals surface area contributed by atoms with Gasteiger partial charge in [-0.2, -0.15) is 4.52 Å². The van der Waals surface area contributed by atoms with Gasteiger partial charge in [-0.25, -0.2) is 0 Å². The van der Waals surface area contributed by atoms with Gasteiger partial charge in [-0.05, 0) is 43.3 Å². The number of hydrogen-bond acceptors (Lipinski definition) is 6. The Morgan fingerprint density at radius 2 is 1.82 bits per heavy atom. The van der Waals surface area contributed by atoms with Gasteiger partial charge in [-0.1, -0.05) is 0 Å². The number of fused-ring (bicyclic) bond motifs is 2. The number of hydrogen-bond donors (Lipinski definition) is 0. The summed E-state index contributed by atoms with van der Waals surface area (Å²) in [6.45, 7) is 5.99. The lowest BCUT2D eigenvalue weighted by Gasteiger charge is -2.22. The number of carbonyl (C=O) groups is 1. The highest BCUT2D eigenvalue weighted by Crippen LogP contribution is 2.34. The fourth-order valence-corrected chi connectivity index (χ4v) is 4.28. The zero-order valence-corrected chi connectivity index (χ0v) is 15.7. The minimum Gasteiger partial charge on any atom is -0.494 e. The molecular weight excluding hydrogens is 356 g/mol. The minimum atomic E-state index is 0.105. The van der Waals surface area contributed by atoms with E-state index in [1.165, 1.54) is 0 Å². The molecule has 0 bridgehead atoms. The number of aromatic nitrogens is 4. The van der Waals surface area contributed by atoms with Gasteiger partial charge in [-0.3, -0.25) is 4.79 Å². The summed E-state index contributed by atoms with van der Waals surface area (Å²) in [4.78, 5) is 17.1. The largest absolute Gasteiger partial charge is 0.494 e. The van der Waals surface area contributed by atoms with E-state index >= 15 is 0 Å². The lowest BCUT2D eigenvalue weighted by molar-refractivity contribution is 0.0782. The molecule has 28 heavy (non-hydrogen) atoms. The van der Waals surface area contributed by atoms with Crippen LogP contribution in [-0.4, -0.2) is 63.4 Å². The van der Waals surface area contributed by atoms with Crippen LogP contribution in [0.2, 0.25) is 0 Å². The number of benzene rings is 1. The van der Waals surface area contributed by atoms with Gasteiger partial charge in [-0.15, -0.1) is 15.3 Å². The molecular formula is C20H22N6O2. The van der Waals surface area contributed by atoms with E-state index in [0.29, 0.717) is 18.4 Å². The molecule has 4 heterocycles. The van der Waals surface area contributed by atoms with E-state index < -0.39 is 0 Å². The molecule has 2 aliphatic rings. The van der Waals surface area contributed by atoms with Gasteiger partial charge in [0.15, 0.2) is 5.65 Å². The van der Waals surface area contributed by atoms with Crippen molar-refractivity contribution in [3.8, 4) is 5.75 Å². The molecule has 1 amide bonds. The Morgan fingerprint density at radius 3 is 2.54 bits per heavy atom. The Morgan fingerprint density at radius 1 is 1.07 bits per heavy atom. The first-order valence-corrected chi connectivity index (χ1v) is 9.65. The lowest BCUT2D eigenvalue weighted by Crippen LogP contribution is -2.33. The summed E-state index contributed by atoms with van der Waals surface area (Å²) in [5.74, 6) is 2.79. The zero-order valence-electron chi connectivity index (χ0n) is 15.7. The van der Waals surface area contributed by atoms with Crippen LogP contribution in [0.1, 0.15) is 17.3 Å². The first-order chi connectivity index (χ1) is 13.7. The molecule has 2 saturated heterocycles. The van der Waals surface area contributed by atoms with Crippen LogP contribution < -0.4 is 9.64 Å². The number of anilines is 1. The highest BCUT2D eigenvalue weighted by Gasteiger charge is 2.42. The maximum atomic E-state index is 12.9. The second-order valence-electron chi connectivity index (χ2n) is 7.42. The zero-order chi connectivity index (χ0) is 19.1. The van der Waals surface area contributed by atoms with Gasteiger partial charge in [0.2, 0.25) is 0 Å². The number of carbonyl (C=O) groups excluding carboxylic acids is 1. The number of rotatable bonds is 4. The van der Waals surface area contributed by atoms with E-state index in [4.69, 9.17) is 4.74 Å². The first-order valence-electron chi connectivity index (χ1n) is 9.65. The standard InChI is InChI=1S/C20H22N6O2/c1-2-28-17-5-3-14(4-6-17)20(27)25-11-15-9-24(10-16(15)12-25)19-8-7-18-22-21-13-26(18)23-19/h3-8,13,15-16H,2,9-12H2,1H3. The molecule has 8 nitrogen and oxygen atoms in total. The molecule has 0 N–H and O–H groups in total. The SMILES string of the molecule is CCOc1ccc(C(=O)N2CC3CN(c4ccc5nncn5n4)CC3C2)cc1. The van der Waals surface area contributed by atoms with Crippen LogP contribution in [0.5, 0.6) is 5.75 Å². The molecule has 0 saturated carbocycles. The van der Waals surface area contributed by atoms with Crippen molar-refractivity contribution in [3.63, 3.8) is 0 Å². The van der Waals surface area contributed by atoms with E-state index in [9.17, 15) is 4.79 Å². The topological polar surface area (TPSA) is 75.9 Å². The molecule has 2 atom stereocenters.